The molecule has 1 atom stereocenters. The summed E-state index contributed by atoms with van der Waals surface area (Å²) in [5, 5.41) is 8.48. The maximum Gasteiger partial charge on any atom is 0.333 e. The van der Waals surface area contributed by atoms with Gasteiger partial charge in [-0.1, -0.05) is 13.2 Å². The van der Waals surface area contributed by atoms with Crippen molar-refractivity contribution < 1.29 is 28.8 Å². The van der Waals surface area contributed by atoms with E-state index in [0.29, 0.717) is 13.2 Å². The Kier molecular flexibility index (Phi) is 8.91. The molecule has 0 aliphatic carbocycles. The van der Waals surface area contributed by atoms with E-state index in [1.165, 1.54) is 6.26 Å². The summed E-state index contributed by atoms with van der Waals surface area (Å²) in [6.07, 6.45) is 2.21. The van der Waals surface area contributed by atoms with Crippen molar-refractivity contribution in [3.63, 3.8) is 0 Å². The fraction of sp³-hybridized carbons (Fsp3) is 0.583. The summed E-state index contributed by atoms with van der Waals surface area (Å²) in [5.74, 6) is -1.86. The lowest BCUT2D eigenvalue weighted by Gasteiger charge is -2.27. The van der Waals surface area contributed by atoms with Crippen LogP contribution in [0.25, 0.3) is 0 Å². The van der Waals surface area contributed by atoms with Gasteiger partial charge in [-0.3, -0.25) is 0 Å². The maximum atomic E-state index is 11.1. The van der Waals surface area contributed by atoms with Crippen LogP contribution in [0.5, 0.6) is 0 Å². The van der Waals surface area contributed by atoms with Gasteiger partial charge in [-0.05, 0) is 0 Å². The van der Waals surface area contributed by atoms with Crippen molar-refractivity contribution >= 4 is 5.97 Å². The molecule has 0 aliphatic rings. The van der Waals surface area contributed by atoms with Crippen LogP contribution >= 0.6 is 0 Å². The quantitative estimate of drug-likeness (QED) is 0.193. The molecular formula is C12H20O6. The van der Waals surface area contributed by atoms with Gasteiger partial charge in [0.05, 0.1) is 32.7 Å². The minimum Gasteiger partial charge on any atom is -0.458 e. The highest BCUT2D eigenvalue weighted by Gasteiger charge is 2.29. The van der Waals surface area contributed by atoms with Crippen LogP contribution in [-0.4, -0.2) is 49.9 Å². The summed E-state index contributed by atoms with van der Waals surface area (Å²) in [6, 6.07) is 0. The second kappa shape index (κ2) is 9.64. The SMILES string of the molecule is C=COC(C)(COCCOCCO)OC(=O)C=C. The van der Waals surface area contributed by atoms with Gasteiger partial charge in [0.25, 0.3) is 5.79 Å². The maximum absolute atomic E-state index is 11.1. The molecule has 0 rings (SSSR count). The number of hydrogen-bond acceptors (Lipinski definition) is 6. The molecule has 0 fully saturated rings. The van der Waals surface area contributed by atoms with Crippen LogP contribution in [0.1, 0.15) is 6.92 Å². The first-order chi connectivity index (χ1) is 8.58. The van der Waals surface area contributed by atoms with Crippen LogP contribution in [0.2, 0.25) is 0 Å². The van der Waals surface area contributed by atoms with Gasteiger partial charge >= 0.3 is 5.97 Å². The monoisotopic (exact) mass is 260 g/mol. The first-order valence-electron chi connectivity index (χ1n) is 5.48. The van der Waals surface area contributed by atoms with Crippen molar-refractivity contribution in [3.8, 4) is 0 Å². The molecular weight excluding hydrogens is 240 g/mol. The average molecular weight is 260 g/mol. The van der Waals surface area contributed by atoms with Gasteiger partial charge in [0.1, 0.15) is 6.61 Å². The Hall–Kier alpha value is -1.37. The first kappa shape index (κ1) is 16.6. The van der Waals surface area contributed by atoms with Crippen LogP contribution in [0, 0.1) is 0 Å². The third-order valence-electron chi connectivity index (χ3n) is 1.79. The predicted octanol–water partition coefficient (Wildman–Crippen LogP) is 0.617. The largest absolute Gasteiger partial charge is 0.458 e. The molecule has 0 radical (unpaired) electrons. The zero-order chi connectivity index (χ0) is 13.9. The van der Waals surface area contributed by atoms with E-state index in [-0.39, 0.29) is 19.8 Å². The van der Waals surface area contributed by atoms with E-state index < -0.39 is 11.8 Å². The van der Waals surface area contributed by atoms with E-state index in [1.807, 2.05) is 0 Å². The molecule has 0 aromatic carbocycles. The van der Waals surface area contributed by atoms with E-state index in [2.05, 4.69) is 13.2 Å². The molecule has 0 bridgehead atoms. The van der Waals surface area contributed by atoms with Crippen molar-refractivity contribution in [1.82, 2.24) is 0 Å². The molecule has 0 spiro atoms. The third-order valence-corrected chi connectivity index (χ3v) is 1.79. The number of rotatable bonds is 11. The fourth-order valence-corrected chi connectivity index (χ4v) is 1.06. The van der Waals surface area contributed by atoms with E-state index in [4.69, 9.17) is 24.1 Å². The van der Waals surface area contributed by atoms with Crippen molar-refractivity contribution in [2.24, 2.45) is 0 Å². The molecule has 0 aromatic heterocycles. The predicted molar refractivity (Wildman–Crippen MR) is 64.7 cm³/mol. The van der Waals surface area contributed by atoms with E-state index in [0.717, 1.165) is 6.08 Å². The number of aliphatic hydroxyl groups is 1. The van der Waals surface area contributed by atoms with Crippen molar-refractivity contribution in [1.29, 1.82) is 0 Å². The molecule has 0 saturated carbocycles. The summed E-state index contributed by atoms with van der Waals surface area (Å²) in [7, 11) is 0. The molecule has 104 valence electrons. The second-order valence-corrected chi connectivity index (χ2v) is 3.43. The highest BCUT2D eigenvalue weighted by atomic mass is 16.7. The zero-order valence-electron chi connectivity index (χ0n) is 10.6. The summed E-state index contributed by atoms with van der Waals surface area (Å²) in [6.45, 7) is 9.12. The summed E-state index contributed by atoms with van der Waals surface area (Å²) >= 11 is 0. The molecule has 0 aromatic rings. The summed E-state index contributed by atoms with van der Waals surface area (Å²) in [4.78, 5) is 11.1. The Balaban J connectivity index is 3.98. The number of aliphatic hydroxyl groups excluding tert-OH is 1. The lowest BCUT2D eigenvalue weighted by Crippen LogP contribution is -2.38. The number of hydrogen-bond donors (Lipinski definition) is 1. The van der Waals surface area contributed by atoms with Gasteiger partial charge in [-0.15, -0.1) is 0 Å². The minimum atomic E-state index is -1.25. The van der Waals surface area contributed by atoms with Crippen LogP contribution in [0.4, 0.5) is 0 Å². The molecule has 18 heavy (non-hydrogen) atoms. The van der Waals surface area contributed by atoms with Crippen LogP contribution < -0.4 is 0 Å². The van der Waals surface area contributed by atoms with Gasteiger partial charge in [0, 0.05) is 13.0 Å². The average Bonchev–Trinajstić information content (AvgIpc) is 2.33. The Morgan fingerprint density at radius 1 is 1.28 bits per heavy atom. The smallest absolute Gasteiger partial charge is 0.333 e. The number of ether oxygens (including phenoxy) is 4. The number of esters is 1. The first-order valence-corrected chi connectivity index (χ1v) is 5.48. The lowest BCUT2D eigenvalue weighted by atomic mass is 10.3. The second-order valence-electron chi connectivity index (χ2n) is 3.43. The standard InChI is InChI=1S/C12H20O6/c1-4-11(14)18-12(3,17-5-2)10-16-9-8-15-7-6-13/h4-5,13H,1-2,6-10H2,3H3. The van der Waals surface area contributed by atoms with Crippen molar-refractivity contribution in [2.75, 3.05) is 33.0 Å². The molecule has 1 N–H and O–H groups in total. The molecule has 6 nitrogen and oxygen atoms in total. The van der Waals surface area contributed by atoms with Crippen LogP contribution in [0.15, 0.2) is 25.5 Å². The normalized spacial score (nSPS) is 13.4. The summed E-state index contributed by atoms with van der Waals surface area (Å²) < 4.78 is 20.3. The van der Waals surface area contributed by atoms with Gasteiger partial charge in [-0.2, -0.15) is 0 Å². The Bertz CT molecular complexity index is 265. The zero-order valence-corrected chi connectivity index (χ0v) is 10.6. The minimum absolute atomic E-state index is 0.0289. The van der Waals surface area contributed by atoms with Crippen LogP contribution in [0.3, 0.4) is 0 Å². The fourth-order valence-electron chi connectivity index (χ4n) is 1.06. The van der Waals surface area contributed by atoms with Crippen molar-refractivity contribution in [3.05, 3.63) is 25.5 Å². The molecule has 6 heteroatoms. The van der Waals surface area contributed by atoms with E-state index >= 15 is 0 Å². The summed E-state index contributed by atoms with van der Waals surface area (Å²) in [5.41, 5.74) is 0. The molecule has 0 heterocycles. The highest BCUT2D eigenvalue weighted by Crippen LogP contribution is 2.14. The van der Waals surface area contributed by atoms with E-state index in [9.17, 15) is 4.79 Å². The molecule has 0 aliphatic heterocycles. The lowest BCUT2D eigenvalue weighted by molar-refractivity contribution is -0.219. The Labute approximate surface area is 107 Å². The van der Waals surface area contributed by atoms with Gasteiger partial charge < -0.3 is 24.1 Å². The topological polar surface area (TPSA) is 74.2 Å². The van der Waals surface area contributed by atoms with E-state index in [1.54, 1.807) is 6.92 Å². The van der Waals surface area contributed by atoms with Crippen LogP contribution in [-0.2, 0) is 23.7 Å². The van der Waals surface area contributed by atoms with Gasteiger partial charge in [0.15, 0.2) is 0 Å². The van der Waals surface area contributed by atoms with Gasteiger partial charge in [-0.25, -0.2) is 4.79 Å². The number of carbonyl (C=O) groups excluding carboxylic acids is 1. The number of carbonyl (C=O) groups is 1. The Morgan fingerprint density at radius 2 is 1.94 bits per heavy atom. The molecule has 0 amide bonds. The Morgan fingerprint density at radius 3 is 2.50 bits per heavy atom. The third kappa shape index (κ3) is 7.83. The molecule has 1 unspecified atom stereocenters. The van der Waals surface area contributed by atoms with Crippen molar-refractivity contribution in [2.45, 2.75) is 12.7 Å². The highest BCUT2D eigenvalue weighted by molar-refractivity contribution is 5.81. The molecule has 0 saturated heterocycles. The van der Waals surface area contributed by atoms with Gasteiger partial charge in [0.2, 0.25) is 0 Å².